The molecule has 1 aromatic heterocycles. The molecule has 0 saturated carbocycles. The van der Waals surface area contributed by atoms with Crippen molar-refractivity contribution in [1.29, 1.82) is 0 Å². The number of epoxide rings is 1. The number of hydrogen-bond acceptors (Lipinski definition) is 4. The van der Waals surface area contributed by atoms with Gasteiger partial charge in [0, 0.05) is 17.0 Å². The summed E-state index contributed by atoms with van der Waals surface area (Å²) in [4.78, 5) is 12.0. The molecule has 0 aliphatic carbocycles. The van der Waals surface area contributed by atoms with Crippen molar-refractivity contribution in [3.05, 3.63) is 64.5 Å². The van der Waals surface area contributed by atoms with Gasteiger partial charge in [-0.2, -0.15) is 0 Å². The molecule has 4 rings (SSSR count). The van der Waals surface area contributed by atoms with E-state index in [1.54, 1.807) is 0 Å². The van der Waals surface area contributed by atoms with Gasteiger partial charge in [-0.25, -0.2) is 4.79 Å². The molecule has 1 atom stereocenters. The first-order chi connectivity index (χ1) is 11.2. The Balaban J connectivity index is 1.85. The molecule has 116 valence electrons. The molecule has 0 bridgehead atoms. The Hall–Kier alpha value is -2.59. The van der Waals surface area contributed by atoms with Crippen LogP contribution in [0.3, 0.4) is 0 Å². The Morgan fingerprint density at radius 1 is 1.17 bits per heavy atom. The van der Waals surface area contributed by atoms with Gasteiger partial charge in [-0.3, -0.25) is 0 Å². The first-order valence-electron chi connectivity index (χ1n) is 7.59. The molecule has 1 saturated heterocycles. The van der Waals surface area contributed by atoms with Crippen LogP contribution in [-0.4, -0.2) is 19.3 Å². The highest BCUT2D eigenvalue weighted by Gasteiger charge is 2.23. The Morgan fingerprint density at radius 3 is 2.70 bits per heavy atom. The fraction of sp³-hybridized carbons (Fsp3) is 0.211. The number of fused-ring (bicyclic) bond motifs is 1. The molecule has 2 heterocycles. The topological polar surface area (TPSA) is 52.0 Å². The summed E-state index contributed by atoms with van der Waals surface area (Å²) in [5, 5.41) is 0.906. The van der Waals surface area contributed by atoms with Crippen molar-refractivity contribution in [3.63, 3.8) is 0 Å². The lowest BCUT2D eigenvalue weighted by molar-refractivity contribution is 0.261. The van der Waals surface area contributed by atoms with Gasteiger partial charge in [0.15, 0.2) is 0 Å². The molecule has 23 heavy (non-hydrogen) atoms. The van der Waals surface area contributed by atoms with Crippen LogP contribution in [0.2, 0.25) is 0 Å². The second-order valence-corrected chi connectivity index (χ2v) is 5.68. The molecule has 4 heteroatoms. The van der Waals surface area contributed by atoms with E-state index in [4.69, 9.17) is 13.9 Å². The molecule has 2 aromatic carbocycles. The lowest BCUT2D eigenvalue weighted by Crippen LogP contribution is -2.06. The minimum absolute atomic E-state index is 0.188. The summed E-state index contributed by atoms with van der Waals surface area (Å²) >= 11 is 0. The normalized spacial score (nSPS) is 16.5. The number of aryl methyl sites for hydroxylation is 1. The van der Waals surface area contributed by atoms with Crippen molar-refractivity contribution >= 4 is 11.0 Å². The third-order valence-electron chi connectivity index (χ3n) is 4.02. The lowest BCUT2D eigenvalue weighted by atomic mass is 10.0. The summed E-state index contributed by atoms with van der Waals surface area (Å²) in [6, 6.07) is 15.2. The van der Waals surface area contributed by atoms with Crippen LogP contribution < -0.4 is 10.4 Å². The maximum Gasteiger partial charge on any atom is 0.336 e. The third-order valence-corrected chi connectivity index (χ3v) is 4.02. The Bertz CT molecular complexity index is 908. The monoisotopic (exact) mass is 308 g/mol. The van der Waals surface area contributed by atoms with Crippen molar-refractivity contribution in [2.45, 2.75) is 13.0 Å². The van der Waals surface area contributed by atoms with Crippen LogP contribution in [0.15, 0.2) is 57.7 Å². The van der Waals surface area contributed by atoms with E-state index in [1.165, 1.54) is 6.07 Å². The fourth-order valence-corrected chi connectivity index (χ4v) is 2.70. The second-order valence-electron chi connectivity index (χ2n) is 5.68. The Morgan fingerprint density at radius 2 is 1.96 bits per heavy atom. The quantitative estimate of drug-likeness (QED) is 0.546. The highest BCUT2D eigenvalue weighted by Crippen LogP contribution is 2.33. The van der Waals surface area contributed by atoms with Crippen molar-refractivity contribution in [2.75, 3.05) is 13.2 Å². The van der Waals surface area contributed by atoms with Gasteiger partial charge in [-0.1, -0.05) is 30.3 Å². The summed E-state index contributed by atoms with van der Waals surface area (Å²) in [5.41, 5.74) is 2.91. The SMILES string of the molecule is Cc1c(OCC2CO2)ccc2c(-c3ccccc3)cc(=O)oc12. The van der Waals surface area contributed by atoms with Crippen LogP contribution in [0.1, 0.15) is 5.56 Å². The first kappa shape index (κ1) is 14.0. The molecular formula is C19H16O4. The first-order valence-corrected chi connectivity index (χ1v) is 7.59. The van der Waals surface area contributed by atoms with E-state index >= 15 is 0 Å². The van der Waals surface area contributed by atoms with Crippen LogP contribution in [0.4, 0.5) is 0 Å². The predicted molar refractivity (Wildman–Crippen MR) is 87.9 cm³/mol. The van der Waals surface area contributed by atoms with E-state index in [9.17, 15) is 4.79 Å². The molecule has 1 fully saturated rings. The number of hydrogen-bond donors (Lipinski definition) is 0. The van der Waals surface area contributed by atoms with Gasteiger partial charge in [-0.15, -0.1) is 0 Å². The molecule has 0 amide bonds. The number of ether oxygens (including phenoxy) is 2. The van der Waals surface area contributed by atoms with Crippen LogP contribution in [-0.2, 0) is 4.74 Å². The van der Waals surface area contributed by atoms with Crippen molar-refractivity contribution in [2.24, 2.45) is 0 Å². The molecule has 1 aliphatic heterocycles. The lowest BCUT2D eigenvalue weighted by Gasteiger charge is -2.12. The minimum Gasteiger partial charge on any atom is -0.490 e. The summed E-state index contributed by atoms with van der Waals surface area (Å²) in [5.74, 6) is 0.723. The van der Waals surface area contributed by atoms with E-state index in [0.717, 1.165) is 34.4 Å². The van der Waals surface area contributed by atoms with Crippen LogP contribution in [0, 0.1) is 6.92 Å². The van der Waals surface area contributed by atoms with Crippen LogP contribution >= 0.6 is 0 Å². The number of rotatable bonds is 4. The molecule has 0 N–H and O–H groups in total. The largest absolute Gasteiger partial charge is 0.490 e. The van der Waals surface area contributed by atoms with E-state index in [-0.39, 0.29) is 11.7 Å². The molecule has 1 aliphatic rings. The zero-order valence-electron chi connectivity index (χ0n) is 12.7. The maximum atomic E-state index is 12.0. The smallest absolute Gasteiger partial charge is 0.336 e. The third kappa shape index (κ3) is 2.73. The molecular weight excluding hydrogens is 292 g/mol. The average Bonchev–Trinajstić information content (AvgIpc) is 3.39. The van der Waals surface area contributed by atoms with Crippen molar-refractivity contribution < 1.29 is 13.9 Å². The molecule has 1 unspecified atom stereocenters. The van der Waals surface area contributed by atoms with E-state index in [0.29, 0.717) is 12.2 Å². The second kappa shape index (κ2) is 5.56. The fourth-order valence-electron chi connectivity index (χ4n) is 2.70. The average molecular weight is 308 g/mol. The molecule has 4 nitrogen and oxygen atoms in total. The van der Waals surface area contributed by atoms with E-state index in [1.807, 2.05) is 49.4 Å². The van der Waals surface area contributed by atoms with E-state index in [2.05, 4.69) is 0 Å². The van der Waals surface area contributed by atoms with Gasteiger partial charge in [0.2, 0.25) is 0 Å². The summed E-state index contributed by atoms with van der Waals surface area (Å²) in [6.45, 7) is 3.18. The Labute approximate surface area is 133 Å². The molecule has 3 aromatic rings. The summed E-state index contributed by atoms with van der Waals surface area (Å²) < 4.78 is 16.4. The zero-order chi connectivity index (χ0) is 15.8. The number of benzene rings is 2. The van der Waals surface area contributed by atoms with Gasteiger partial charge >= 0.3 is 5.63 Å². The van der Waals surface area contributed by atoms with Crippen molar-refractivity contribution in [3.8, 4) is 16.9 Å². The summed E-state index contributed by atoms with van der Waals surface area (Å²) in [6.07, 6.45) is 0.188. The maximum absolute atomic E-state index is 12.0. The van der Waals surface area contributed by atoms with Crippen molar-refractivity contribution in [1.82, 2.24) is 0 Å². The van der Waals surface area contributed by atoms with E-state index < -0.39 is 0 Å². The van der Waals surface area contributed by atoms with Gasteiger partial charge in [0.25, 0.3) is 0 Å². The summed E-state index contributed by atoms with van der Waals surface area (Å²) in [7, 11) is 0. The predicted octanol–water partition coefficient (Wildman–Crippen LogP) is 3.55. The minimum atomic E-state index is -0.359. The Kier molecular flexibility index (Phi) is 3.39. The molecule has 0 spiro atoms. The highest BCUT2D eigenvalue weighted by atomic mass is 16.6. The van der Waals surface area contributed by atoms with Crippen LogP contribution in [0.25, 0.3) is 22.1 Å². The standard InChI is InChI=1S/C19H16O4/c1-12-17(22-11-14-10-21-14)8-7-15-16(9-18(20)23-19(12)15)13-5-3-2-4-6-13/h2-9,14H,10-11H2,1H3. The zero-order valence-corrected chi connectivity index (χ0v) is 12.7. The van der Waals surface area contributed by atoms with Gasteiger partial charge in [0.1, 0.15) is 24.0 Å². The highest BCUT2D eigenvalue weighted by molar-refractivity contribution is 5.95. The van der Waals surface area contributed by atoms with Crippen LogP contribution in [0.5, 0.6) is 5.75 Å². The van der Waals surface area contributed by atoms with Gasteiger partial charge < -0.3 is 13.9 Å². The van der Waals surface area contributed by atoms with Gasteiger partial charge in [0.05, 0.1) is 6.61 Å². The molecule has 0 radical (unpaired) electrons. The van der Waals surface area contributed by atoms with Gasteiger partial charge in [-0.05, 0) is 30.2 Å².